The lowest BCUT2D eigenvalue weighted by Crippen LogP contribution is -2.35. The molecule has 0 atom stereocenters. The minimum atomic E-state index is -3.14. The fourth-order valence-corrected chi connectivity index (χ4v) is 4.81. The lowest BCUT2D eigenvalue weighted by molar-refractivity contribution is -0.107. The van der Waals surface area contributed by atoms with Gasteiger partial charge in [0.05, 0.1) is 5.75 Å². The first-order valence-corrected chi connectivity index (χ1v) is 12.6. The van der Waals surface area contributed by atoms with Crippen molar-refractivity contribution in [3.05, 3.63) is 0 Å². The number of carbonyl (C=O) groups excluding carboxylic acids is 1. The first kappa shape index (κ1) is 25.6. The fourth-order valence-electron chi connectivity index (χ4n) is 3.17. The van der Waals surface area contributed by atoms with Crippen molar-refractivity contribution in [3.8, 4) is 0 Å². The number of nitrogens with zero attached hydrogens (tertiary/aromatic N) is 1. The molecule has 0 rings (SSSR count). The van der Waals surface area contributed by atoms with Gasteiger partial charge in [0.25, 0.3) is 0 Å². The van der Waals surface area contributed by atoms with Gasteiger partial charge in [0, 0.05) is 19.5 Å². The molecule has 0 unspecified atom stereocenters. The third-order valence-electron chi connectivity index (χ3n) is 4.89. The van der Waals surface area contributed by atoms with Gasteiger partial charge < -0.3 is 4.79 Å². The lowest BCUT2D eigenvalue weighted by atomic mass is 10.1. The summed E-state index contributed by atoms with van der Waals surface area (Å²) in [6.45, 7) is 5.76. The summed E-state index contributed by atoms with van der Waals surface area (Å²) in [4.78, 5) is 10.3. The van der Waals surface area contributed by atoms with Crippen molar-refractivity contribution in [1.29, 1.82) is 0 Å². The van der Waals surface area contributed by atoms with Crippen molar-refractivity contribution in [2.75, 3.05) is 18.8 Å². The van der Waals surface area contributed by atoms with Gasteiger partial charge in [-0.05, 0) is 25.7 Å². The van der Waals surface area contributed by atoms with Crippen LogP contribution in [0.5, 0.6) is 0 Å². The van der Waals surface area contributed by atoms with E-state index >= 15 is 0 Å². The van der Waals surface area contributed by atoms with E-state index in [2.05, 4.69) is 13.8 Å². The van der Waals surface area contributed by atoms with Crippen LogP contribution in [0.3, 0.4) is 0 Å². The van der Waals surface area contributed by atoms with Gasteiger partial charge in [0.15, 0.2) is 0 Å². The molecule has 0 radical (unpaired) electrons. The largest absolute Gasteiger partial charge is 0.303 e. The molecule has 0 aliphatic heterocycles. The summed E-state index contributed by atoms with van der Waals surface area (Å²) in [5.41, 5.74) is 0. The zero-order valence-corrected chi connectivity index (χ0v) is 18.2. The maximum absolute atomic E-state index is 12.7. The minimum absolute atomic E-state index is 0.262. The van der Waals surface area contributed by atoms with Gasteiger partial charge in [-0.25, -0.2) is 12.7 Å². The molecule has 156 valence electrons. The maximum atomic E-state index is 12.7. The Labute approximate surface area is 163 Å². The standard InChI is InChI=1S/C21H43NO3S/c1-3-5-7-9-11-15-19-22(18-14-8-6-4-2)26(24,25)21-17-13-10-12-16-20-23/h20H,3-19,21H2,1-2H3. The molecule has 26 heavy (non-hydrogen) atoms. The number of sulfonamides is 1. The zero-order chi connectivity index (χ0) is 19.5. The molecule has 0 fully saturated rings. The van der Waals surface area contributed by atoms with Gasteiger partial charge in [0.2, 0.25) is 10.0 Å². The Morgan fingerprint density at radius 3 is 1.69 bits per heavy atom. The summed E-state index contributed by atoms with van der Waals surface area (Å²) in [6.07, 6.45) is 16.5. The highest BCUT2D eigenvalue weighted by atomic mass is 32.2. The summed E-state index contributed by atoms with van der Waals surface area (Å²) >= 11 is 0. The molecule has 4 nitrogen and oxygen atoms in total. The SMILES string of the molecule is CCCCCCCCN(CCCCCC)S(=O)(=O)CCCCCCC=O. The predicted octanol–water partition coefficient (Wildman–Crippen LogP) is 5.71. The average Bonchev–Trinajstić information content (AvgIpc) is 2.62. The van der Waals surface area contributed by atoms with Crippen molar-refractivity contribution in [3.63, 3.8) is 0 Å². The van der Waals surface area contributed by atoms with Crippen LogP contribution in [0.15, 0.2) is 0 Å². The molecule has 0 heterocycles. The van der Waals surface area contributed by atoms with E-state index in [-0.39, 0.29) is 5.75 Å². The Kier molecular flexibility index (Phi) is 17.7. The smallest absolute Gasteiger partial charge is 0.214 e. The summed E-state index contributed by atoms with van der Waals surface area (Å²) in [5, 5.41) is 0. The Hall–Kier alpha value is -0.420. The summed E-state index contributed by atoms with van der Waals surface area (Å²) in [5.74, 6) is 0.262. The molecular weight excluding hydrogens is 346 g/mol. The Bertz CT molecular complexity index is 409. The van der Waals surface area contributed by atoms with E-state index in [1.807, 2.05) is 0 Å². The molecule has 0 amide bonds. The monoisotopic (exact) mass is 389 g/mol. The van der Waals surface area contributed by atoms with Crippen LogP contribution in [-0.2, 0) is 14.8 Å². The molecule has 0 bridgehead atoms. The summed E-state index contributed by atoms with van der Waals surface area (Å²) in [6, 6.07) is 0. The van der Waals surface area contributed by atoms with Gasteiger partial charge in [0.1, 0.15) is 6.29 Å². The van der Waals surface area contributed by atoms with Crippen molar-refractivity contribution in [2.45, 2.75) is 110 Å². The molecule has 0 N–H and O–H groups in total. The second-order valence-corrected chi connectivity index (χ2v) is 9.50. The first-order chi connectivity index (χ1) is 12.6. The van der Waals surface area contributed by atoms with Gasteiger partial charge in [-0.3, -0.25) is 0 Å². The molecular formula is C21H43NO3S. The van der Waals surface area contributed by atoms with Crippen molar-refractivity contribution in [2.24, 2.45) is 0 Å². The fraction of sp³-hybridized carbons (Fsp3) is 0.952. The van der Waals surface area contributed by atoms with Crippen LogP contribution in [0, 0.1) is 0 Å². The Morgan fingerprint density at radius 1 is 0.654 bits per heavy atom. The molecule has 0 aliphatic rings. The topological polar surface area (TPSA) is 54.5 Å². The average molecular weight is 390 g/mol. The number of hydrogen-bond donors (Lipinski definition) is 0. The van der Waals surface area contributed by atoms with E-state index in [4.69, 9.17) is 0 Å². The normalized spacial score (nSPS) is 12.0. The van der Waals surface area contributed by atoms with Gasteiger partial charge in [-0.15, -0.1) is 0 Å². The number of hydrogen-bond acceptors (Lipinski definition) is 3. The highest BCUT2D eigenvalue weighted by Gasteiger charge is 2.20. The lowest BCUT2D eigenvalue weighted by Gasteiger charge is -2.22. The van der Waals surface area contributed by atoms with E-state index in [1.54, 1.807) is 4.31 Å². The van der Waals surface area contributed by atoms with Gasteiger partial charge in [-0.1, -0.05) is 78.1 Å². The summed E-state index contributed by atoms with van der Waals surface area (Å²) in [7, 11) is -3.14. The zero-order valence-electron chi connectivity index (χ0n) is 17.4. The van der Waals surface area contributed by atoms with Crippen LogP contribution in [-0.4, -0.2) is 37.9 Å². The van der Waals surface area contributed by atoms with Crippen LogP contribution in [0.4, 0.5) is 0 Å². The predicted molar refractivity (Wildman–Crippen MR) is 112 cm³/mol. The quantitative estimate of drug-likeness (QED) is 0.198. The molecule has 0 saturated carbocycles. The van der Waals surface area contributed by atoms with E-state index in [1.165, 1.54) is 38.5 Å². The number of aldehydes is 1. The van der Waals surface area contributed by atoms with Crippen LogP contribution in [0.1, 0.15) is 110 Å². The molecule has 0 aromatic rings. The van der Waals surface area contributed by atoms with Gasteiger partial charge in [-0.2, -0.15) is 0 Å². The Balaban J connectivity index is 4.27. The van der Waals surface area contributed by atoms with Crippen LogP contribution >= 0.6 is 0 Å². The van der Waals surface area contributed by atoms with Gasteiger partial charge >= 0.3 is 0 Å². The van der Waals surface area contributed by atoms with E-state index in [0.29, 0.717) is 25.9 Å². The van der Waals surface area contributed by atoms with Crippen molar-refractivity contribution in [1.82, 2.24) is 4.31 Å². The second-order valence-electron chi connectivity index (χ2n) is 7.41. The molecule has 0 saturated heterocycles. The van der Waals surface area contributed by atoms with E-state index < -0.39 is 10.0 Å². The highest BCUT2D eigenvalue weighted by molar-refractivity contribution is 7.89. The first-order valence-electron chi connectivity index (χ1n) is 11.0. The van der Waals surface area contributed by atoms with Crippen molar-refractivity contribution < 1.29 is 13.2 Å². The summed E-state index contributed by atoms with van der Waals surface area (Å²) < 4.78 is 27.2. The van der Waals surface area contributed by atoms with Crippen LogP contribution in [0.25, 0.3) is 0 Å². The second kappa shape index (κ2) is 18.0. The maximum Gasteiger partial charge on any atom is 0.214 e. The molecule has 0 aromatic carbocycles. The molecule has 0 aromatic heterocycles. The molecule has 0 spiro atoms. The van der Waals surface area contributed by atoms with Crippen LogP contribution < -0.4 is 0 Å². The minimum Gasteiger partial charge on any atom is -0.303 e. The van der Waals surface area contributed by atoms with Crippen molar-refractivity contribution >= 4 is 16.3 Å². The number of unbranched alkanes of at least 4 members (excludes halogenated alkanes) is 12. The highest BCUT2D eigenvalue weighted by Crippen LogP contribution is 2.13. The van der Waals surface area contributed by atoms with E-state index in [9.17, 15) is 13.2 Å². The molecule has 0 aliphatic carbocycles. The molecule has 5 heteroatoms. The Morgan fingerprint density at radius 2 is 1.12 bits per heavy atom. The van der Waals surface area contributed by atoms with Crippen LogP contribution in [0.2, 0.25) is 0 Å². The third-order valence-corrected chi connectivity index (χ3v) is 6.85. The number of carbonyl (C=O) groups is 1. The number of rotatable bonds is 20. The third kappa shape index (κ3) is 14.7. The van der Waals surface area contributed by atoms with E-state index in [0.717, 1.165) is 51.2 Å².